The van der Waals surface area contributed by atoms with E-state index in [9.17, 15) is 24.1 Å². The number of ether oxygens (including phenoxy) is 1. The fourth-order valence-electron chi connectivity index (χ4n) is 8.28. The molecule has 4 aliphatic heterocycles. The van der Waals surface area contributed by atoms with Gasteiger partial charge in [-0.3, -0.25) is 9.69 Å². The van der Waals surface area contributed by atoms with E-state index in [1.54, 1.807) is 35.2 Å². The Morgan fingerprint density at radius 1 is 1.16 bits per heavy atom. The van der Waals surface area contributed by atoms with Crippen LogP contribution in [0.3, 0.4) is 0 Å². The van der Waals surface area contributed by atoms with E-state index in [4.69, 9.17) is 21.3 Å². The Morgan fingerprint density at radius 2 is 2.00 bits per heavy atom. The van der Waals surface area contributed by atoms with Crippen LogP contribution < -0.4 is 0 Å². The number of amides is 1. The Bertz CT molecular complexity index is 1950. The number of nitriles is 2. The van der Waals surface area contributed by atoms with Crippen molar-refractivity contribution in [3.8, 4) is 12.1 Å². The first kappa shape index (κ1) is 32.9. The van der Waals surface area contributed by atoms with Gasteiger partial charge < -0.3 is 14.5 Å². The summed E-state index contributed by atoms with van der Waals surface area (Å²) in [6.45, 7) is 5.62. The van der Waals surface area contributed by atoms with E-state index in [0.29, 0.717) is 41.5 Å². The van der Waals surface area contributed by atoms with Crippen LogP contribution in [-0.2, 0) is 9.53 Å². The molecule has 49 heavy (non-hydrogen) atoms. The van der Waals surface area contributed by atoms with E-state index >= 15 is 4.39 Å². The predicted octanol–water partition coefficient (Wildman–Crippen LogP) is 6.26. The lowest BCUT2D eigenvalue weighted by Gasteiger charge is -2.45. The van der Waals surface area contributed by atoms with Crippen LogP contribution in [0.2, 0.25) is 5.02 Å². The molecule has 3 saturated heterocycles. The van der Waals surface area contributed by atoms with E-state index in [0.717, 1.165) is 19.4 Å². The summed E-state index contributed by atoms with van der Waals surface area (Å²) in [4.78, 5) is 23.2. The zero-order chi connectivity index (χ0) is 34.4. The SMILES string of the molecule is C=CC(=O)N1CCN(C2=C(C#N)C(OC[C@@]34CCCN3C[C@H](F)C4)=NC3C=C(c4cccc5ccc(F)c(Cl)c45)C(F)=CC23)C[C@@H]1CC#N. The van der Waals surface area contributed by atoms with Crippen molar-refractivity contribution in [1.82, 2.24) is 14.7 Å². The first-order valence-electron chi connectivity index (χ1n) is 16.4. The number of halogens is 4. The van der Waals surface area contributed by atoms with Gasteiger partial charge in [0, 0.05) is 55.2 Å². The van der Waals surface area contributed by atoms with Gasteiger partial charge in [-0.15, -0.1) is 0 Å². The number of piperazine rings is 1. The topological polar surface area (TPSA) is 96.0 Å². The van der Waals surface area contributed by atoms with Crippen molar-refractivity contribution < 1.29 is 22.7 Å². The third-order valence-electron chi connectivity index (χ3n) is 10.5. The number of hydrogen-bond donors (Lipinski definition) is 0. The summed E-state index contributed by atoms with van der Waals surface area (Å²) >= 11 is 6.43. The number of dihydropyridines is 1. The van der Waals surface area contributed by atoms with Gasteiger partial charge in [-0.1, -0.05) is 42.4 Å². The highest BCUT2D eigenvalue weighted by Crippen LogP contribution is 2.45. The van der Waals surface area contributed by atoms with E-state index in [-0.39, 0.29) is 54.1 Å². The number of carbonyl (C=O) groups excluding carboxylic acids is 1. The summed E-state index contributed by atoms with van der Waals surface area (Å²) in [5, 5.41) is 21.1. The maximum absolute atomic E-state index is 16.4. The lowest BCUT2D eigenvalue weighted by Crippen LogP contribution is -2.56. The molecule has 3 fully saturated rings. The Morgan fingerprint density at radius 3 is 2.78 bits per heavy atom. The minimum Gasteiger partial charge on any atom is -0.475 e. The zero-order valence-electron chi connectivity index (χ0n) is 26.7. The second-order valence-electron chi connectivity index (χ2n) is 13.2. The van der Waals surface area contributed by atoms with Gasteiger partial charge in [0.15, 0.2) is 0 Å². The summed E-state index contributed by atoms with van der Waals surface area (Å²) in [6.07, 6.45) is 5.37. The van der Waals surface area contributed by atoms with Crippen LogP contribution in [0.15, 0.2) is 77.2 Å². The highest BCUT2D eigenvalue weighted by Gasteiger charge is 2.50. The maximum atomic E-state index is 16.4. The highest BCUT2D eigenvalue weighted by molar-refractivity contribution is 6.36. The summed E-state index contributed by atoms with van der Waals surface area (Å²) in [7, 11) is 0. The molecule has 7 rings (SSSR count). The Kier molecular flexibility index (Phi) is 8.76. The van der Waals surface area contributed by atoms with Gasteiger partial charge in [0.25, 0.3) is 0 Å². The van der Waals surface area contributed by atoms with Crippen molar-refractivity contribution in [3.63, 3.8) is 0 Å². The van der Waals surface area contributed by atoms with Crippen LogP contribution >= 0.6 is 11.6 Å². The molecule has 252 valence electrons. The molecule has 4 heterocycles. The molecule has 0 saturated carbocycles. The van der Waals surface area contributed by atoms with Crippen molar-refractivity contribution in [1.29, 1.82) is 10.5 Å². The smallest absolute Gasteiger partial charge is 0.246 e. The monoisotopic (exact) mass is 686 g/mol. The molecule has 0 spiro atoms. The number of aliphatic imine (C=N–C) groups is 1. The number of allylic oxidation sites excluding steroid dienone is 2. The molecule has 0 radical (unpaired) electrons. The average molecular weight is 687 g/mol. The molecule has 2 unspecified atom stereocenters. The predicted molar refractivity (Wildman–Crippen MR) is 180 cm³/mol. The number of benzene rings is 2. The van der Waals surface area contributed by atoms with Crippen molar-refractivity contribution in [2.75, 3.05) is 39.3 Å². The number of rotatable bonds is 6. The van der Waals surface area contributed by atoms with Crippen LogP contribution in [0.25, 0.3) is 16.3 Å². The Hall–Kier alpha value is -4.58. The first-order valence-corrected chi connectivity index (χ1v) is 16.8. The molecule has 2 aromatic carbocycles. The molecular weight excluding hydrogens is 653 g/mol. The molecule has 5 aliphatic rings. The first-order chi connectivity index (χ1) is 23.7. The van der Waals surface area contributed by atoms with Crippen molar-refractivity contribution in [3.05, 3.63) is 88.6 Å². The van der Waals surface area contributed by atoms with Crippen LogP contribution in [0.1, 0.15) is 31.2 Å². The summed E-state index contributed by atoms with van der Waals surface area (Å²) < 4.78 is 52.1. The quantitative estimate of drug-likeness (QED) is 0.333. The zero-order valence-corrected chi connectivity index (χ0v) is 27.5. The normalized spacial score (nSPS) is 28.2. The highest BCUT2D eigenvalue weighted by atomic mass is 35.5. The molecule has 0 aromatic heterocycles. The lowest BCUT2D eigenvalue weighted by molar-refractivity contribution is -0.130. The lowest BCUT2D eigenvalue weighted by atomic mass is 9.81. The van der Waals surface area contributed by atoms with Gasteiger partial charge in [-0.2, -0.15) is 10.5 Å². The summed E-state index contributed by atoms with van der Waals surface area (Å²) in [5.74, 6) is -2.15. The van der Waals surface area contributed by atoms with E-state index in [2.05, 4.69) is 23.6 Å². The van der Waals surface area contributed by atoms with Crippen molar-refractivity contribution in [2.24, 2.45) is 10.9 Å². The maximum Gasteiger partial charge on any atom is 0.246 e. The molecule has 1 amide bonds. The van der Waals surface area contributed by atoms with Crippen molar-refractivity contribution in [2.45, 2.75) is 49.5 Å². The molecule has 1 aliphatic carbocycles. The number of fused-ring (bicyclic) bond motifs is 3. The molecule has 8 nitrogen and oxygen atoms in total. The van der Waals surface area contributed by atoms with Gasteiger partial charge >= 0.3 is 0 Å². The molecule has 12 heteroatoms. The third kappa shape index (κ3) is 5.69. The fourth-order valence-corrected chi connectivity index (χ4v) is 8.56. The van der Waals surface area contributed by atoms with Gasteiger partial charge in [-0.05, 0) is 54.6 Å². The van der Waals surface area contributed by atoms with Gasteiger partial charge in [0.1, 0.15) is 36.1 Å². The number of hydrogen-bond acceptors (Lipinski definition) is 7. The number of nitrogens with zero attached hydrogens (tertiary/aromatic N) is 6. The average Bonchev–Trinajstić information content (AvgIpc) is 3.63. The Labute approximate surface area is 287 Å². The van der Waals surface area contributed by atoms with E-state index < -0.39 is 41.4 Å². The number of carbonyl (C=O) groups is 1. The van der Waals surface area contributed by atoms with Crippen LogP contribution in [0.5, 0.6) is 0 Å². The standard InChI is InChI=1S/C37H34ClF3N6O2/c1-2-32(48)47-14-13-45(20-24(47)9-11-42)35-27-15-30(41)26(25-6-3-5-22-7-8-29(40)34(38)33(22)25)16-31(27)44-36(28(35)18-43)49-21-37-10-4-12-46(37)19-23(39)17-37/h2-3,5-8,15-16,23-24,27,31H,1,4,9-10,12-14,17,19-21H2/t23-,24+,27?,31?,37+/m1/s1. The van der Waals surface area contributed by atoms with Gasteiger partial charge in [0.2, 0.25) is 11.8 Å². The van der Waals surface area contributed by atoms with Gasteiger partial charge in [0.05, 0.1) is 35.1 Å². The molecular formula is C37H34ClF3N6O2. The minimum absolute atomic E-state index is 0.0478. The van der Waals surface area contributed by atoms with Crippen LogP contribution in [-0.4, -0.2) is 89.6 Å². The summed E-state index contributed by atoms with van der Waals surface area (Å²) in [6, 6.07) is 11.2. The second kappa shape index (κ2) is 13.0. The van der Waals surface area contributed by atoms with E-state index in [1.807, 2.05) is 4.90 Å². The number of alkyl halides is 1. The van der Waals surface area contributed by atoms with Crippen LogP contribution in [0.4, 0.5) is 13.2 Å². The fraction of sp³-hybridized carbons (Fsp3) is 0.405. The largest absolute Gasteiger partial charge is 0.475 e. The Balaban J connectivity index is 1.31. The summed E-state index contributed by atoms with van der Waals surface area (Å²) in [5.41, 5.74) is 0.691. The van der Waals surface area contributed by atoms with Gasteiger partial charge in [-0.25, -0.2) is 18.2 Å². The third-order valence-corrected chi connectivity index (χ3v) is 10.9. The molecule has 0 bridgehead atoms. The molecule has 2 aromatic rings. The van der Waals surface area contributed by atoms with Crippen molar-refractivity contribution >= 4 is 39.8 Å². The van der Waals surface area contributed by atoms with E-state index in [1.165, 1.54) is 18.2 Å². The minimum atomic E-state index is -0.968. The second-order valence-corrected chi connectivity index (χ2v) is 13.6. The van der Waals surface area contributed by atoms with Crippen LogP contribution in [0, 0.1) is 34.4 Å². The molecule has 0 N–H and O–H groups in total. The molecule has 5 atom stereocenters.